The summed E-state index contributed by atoms with van der Waals surface area (Å²) in [5, 5.41) is 14.1. The molecule has 1 aromatic rings. The number of benzene rings is 1. The van der Waals surface area contributed by atoms with E-state index in [0.717, 1.165) is 39.0 Å². The van der Waals surface area contributed by atoms with E-state index in [1.165, 1.54) is 18.9 Å². The molecular weight excluding hydrogens is 280 g/mol. The summed E-state index contributed by atoms with van der Waals surface area (Å²) in [6, 6.07) is 4.75. The minimum absolute atomic E-state index is 0.0431. The first-order chi connectivity index (χ1) is 10.6. The van der Waals surface area contributed by atoms with E-state index >= 15 is 0 Å². The first kappa shape index (κ1) is 18.2. The fourth-order valence-corrected chi connectivity index (χ4v) is 2.43. The minimum Gasteiger partial charge on any atom is -0.399 e. The second-order valence-electron chi connectivity index (χ2n) is 5.40. The summed E-state index contributed by atoms with van der Waals surface area (Å²) in [4.78, 5) is 13.0. The molecule has 0 spiro atoms. The van der Waals surface area contributed by atoms with Crippen molar-refractivity contribution in [2.24, 2.45) is 0 Å². The zero-order valence-corrected chi connectivity index (χ0v) is 13.7. The van der Waals surface area contributed by atoms with Gasteiger partial charge < -0.3 is 16.0 Å². The molecule has 6 nitrogen and oxygen atoms in total. The monoisotopic (exact) mass is 308 g/mol. The number of nitrogens with zero attached hydrogens (tertiary/aromatic N) is 2. The molecule has 0 aliphatic heterocycles. The molecule has 3 N–H and O–H groups in total. The molecule has 1 rings (SSSR count). The molecule has 0 aliphatic rings. The van der Waals surface area contributed by atoms with Gasteiger partial charge in [-0.1, -0.05) is 26.7 Å². The van der Waals surface area contributed by atoms with Crippen LogP contribution in [0.5, 0.6) is 0 Å². The largest absolute Gasteiger partial charge is 0.399 e. The lowest BCUT2D eigenvalue weighted by Crippen LogP contribution is -2.23. The van der Waals surface area contributed by atoms with E-state index in [1.807, 2.05) is 0 Å². The van der Waals surface area contributed by atoms with Gasteiger partial charge in [0.2, 0.25) is 0 Å². The number of unbranched alkanes of at least 4 members (excludes halogenated alkanes) is 3. The summed E-state index contributed by atoms with van der Waals surface area (Å²) in [6.45, 7) is 8.50. The second kappa shape index (κ2) is 10.00. The normalized spacial score (nSPS) is 10.9. The van der Waals surface area contributed by atoms with E-state index < -0.39 is 4.92 Å². The van der Waals surface area contributed by atoms with Crippen LogP contribution in [0.2, 0.25) is 0 Å². The predicted octanol–water partition coefficient (Wildman–Crippen LogP) is 3.49. The maximum absolute atomic E-state index is 11.0. The van der Waals surface area contributed by atoms with Crippen LogP contribution < -0.4 is 11.1 Å². The fraction of sp³-hybridized carbons (Fsp3) is 0.625. The van der Waals surface area contributed by atoms with Gasteiger partial charge in [0, 0.05) is 18.3 Å². The van der Waals surface area contributed by atoms with Gasteiger partial charge in [-0.3, -0.25) is 10.1 Å². The maximum atomic E-state index is 11.0. The topological polar surface area (TPSA) is 84.4 Å². The number of hydrogen-bond donors (Lipinski definition) is 2. The number of nitrogens with one attached hydrogen (secondary N) is 1. The van der Waals surface area contributed by atoms with Crippen LogP contribution >= 0.6 is 0 Å². The van der Waals surface area contributed by atoms with Crippen LogP contribution in [0.4, 0.5) is 17.1 Å². The molecular formula is C16H28N4O2. The number of rotatable bonds is 11. The van der Waals surface area contributed by atoms with Gasteiger partial charge in [-0.2, -0.15) is 0 Å². The molecule has 0 unspecified atom stereocenters. The lowest BCUT2D eigenvalue weighted by Gasteiger charge is -2.17. The van der Waals surface area contributed by atoms with Gasteiger partial charge in [-0.05, 0) is 44.6 Å². The van der Waals surface area contributed by atoms with Gasteiger partial charge in [0.05, 0.1) is 4.92 Å². The molecule has 0 fully saturated rings. The molecule has 0 amide bonds. The van der Waals surface area contributed by atoms with Crippen molar-refractivity contribution in [1.82, 2.24) is 4.90 Å². The highest BCUT2D eigenvalue weighted by Crippen LogP contribution is 2.26. The van der Waals surface area contributed by atoms with Crippen molar-refractivity contribution >= 4 is 17.1 Å². The van der Waals surface area contributed by atoms with Gasteiger partial charge in [-0.15, -0.1) is 0 Å². The Kier molecular flexibility index (Phi) is 8.28. The molecule has 124 valence electrons. The highest BCUT2D eigenvalue weighted by atomic mass is 16.6. The third-order valence-electron chi connectivity index (χ3n) is 3.83. The number of anilines is 2. The van der Waals surface area contributed by atoms with E-state index in [4.69, 9.17) is 5.73 Å². The van der Waals surface area contributed by atoms with Crippen LogP contribution in [0, 0.1) is 10.1 Å². The Hall–Kier alpha value is -1.82. The van der Waals surface area contributed by atoms with E-state index in [9.17, 15) is 10.1 Å². The molecule has 0 radical (unpaired) electrons. The maximum Gasteiger partial charge on any atom is 0.294 e. The zero-order valence-electron chi connectivity index (χ0n) is 13.7. The van der Waals surface area contributed by atoms with E-state index in [-0.39, 0.29) is 5.69 Å². The van der Waals surface area contributed by atoms with Crippen LogP contribution in [-0.4, -0.2) is 36.0 Å². The Bertz CT molecular complexity index is 461. The minimum atomic E-state index is -0.400. The van der Waals surface area contributed by atoms with E-state index in [1.54, 1.807) is 12.1 Å². The lowest BCUT2D eigenvalue weighted by atomic mass is 10.1. The molecule has 0 saturated heterocycles. The summed E-state index contributed by atoms with van der Waals surface area (Å²) in [5.74, 6) is 0. The van der Waals surface area contributed by atoms with Gasteiger partial charge in [0.15, 0.2) is 0 Å². The zero-order chi connectivity index (χ0) is 16.4. The Morgan fingerprint density at radius 3 is 2.50 bits per heavy atom. The number of nitrogens with two attached hydrogens (primary N) is 1. The van der Waals surface area contributed by atoms with Crippen LogP contribution in [0.3, 0.4) is 0 Å². The van der Waals surface area contributed by atoms with Crippen LogP contribution in [-0.2, 0) is 0 Å². The standard InChI is InChI=1S/C16H28N4O2/c1-3-19(4-2)12-8-6-5-7-11-18-15-10-9-14(17)13-16(15)20(21)22/h9-10,13,18H,3-8,11-12,17H2,1-2H3. The number of hydrogen-bond acceptors (Lipinski definition) is 5. The third-order valence-corrected chi connectivity index (χ3v) is 3.83. The second-order valence-corrected chi connectivity index (χ2v) is 5.40. The average molecular weight is 308 g/mol. The molecule has 0 saturated carbocycles. The van der Waals surface area contributed by atoms with Crippen molar-refractivity contribution in [2.75, 3.05) is 37.2 Å². The first-order valence-electron chi connectivity index (χ1n) is 8.08. The quantitative estimate of drug-likeness (QED) is 0.283. The number of nitrogen functional groups attached to an aromatic ring is 1. The molecule has 6 heteroatoms. The van der Waals surface area contributed by atoms with Gasteiger partial charge >= 0.3 is 0 Å². The molecule has 0 aromatic heterocycles. The van der Waals surface area contributed by atoms with E-state index in [0.29, 0.717) is 11.4 Å². The highest BCUT2D eigenvalue weighted by molar-refractivity contribution is 5.66. The van der Waals surface area contributed by atoms with Crippen molar-refractivity contribution in [2.45, 2.75) is 39.5 Å². The first-order valence-corrected chi connectivity index (χ1v) is 8.08. The molecule has 0 atom stereocenters. The Morgan fingerprint density at radius 2 is 1.86 bits per heavy atom. The van der Waals surface area contributed by atoms with Crippen molar-refractivity contribution in [3.8, 4) is 0 Å². The van der Waals surface area contributed by atoms with Crippen LogP contribution in [0.25, 0.3) is 0 Å². The van der Waals surface area contributed by atoms with Gasteiger partial charge in [-0.25, -0.2) is 0 Å². The van der Waals surface area contributed by atoms with Gasteiger partial charge in [0.25, 0.3) is 5.69 Å². The summed E-state index contributed by atoms with van der Waals surface area (Å²) in [5.41, 5.74) is 6.58. The molecule has 0 aliphatic carbocycles. The summed E-state index contributed by atoms with van der Waals surface area (Å²) >= 11 is 0. The Labute approximate surface area is 132 Å². The van der Waals surface area contributed by atoms with Crippen molar-refractivity contribution < 1.29 is 4.92 Å². The predicted molar refractivity (Wildman–Crippen MR) is 92.3 cm³/mol. The van der Waals surface area contributed by atoms with Crippen molar-refractivity contribution in [3.05, 3.63) is 28.3 Å². The summed E-state index contributed by atoms with van der Waals surface area (Å²) in [7, 11) is 0. The number of nitro benzene ring substituents is 1. The molecule has 0 heterocycles. The molecule has 0 bridgehead atoms. The summed E-state index contributed by atoms with van der Waals surface area (Å²) < 4.78 is 0. The smallest absolute Gasteiger partial charge is 0.294 e. The average Bonchev–Trinajstić information content (AvgIpc) is 2.51. The Morgan fingerprint density at radius 1 is 1.18 bits per heavy atom. The Balaban J connectivity index is 2.24. The fourth-order valence-electron chi connectivity index (χ4n) is 2.43. The van der Waals surface area contributed by atoms with Crippen LogP contribution in [0.1, 0.15) is 39.5 Å². The molecule has 22 heavy (non-hydrogen) atoms. The van der Waals surface area contributed by atoms with Crippen molar-refractivity contribution in [1.29, 1.82) is 0 Å². The van der Waals surface area contributed by atoms with Crippen molar-refractivity contribution in [3.63, 3.8) is 0 Å². The SMILES string of the molecule is CCN(CC)CCCCCCNc1ccc(N)cc1[N+](=O)[O-]. The number of nitro groups is 1. The van der Waals surface area contributed by atoms with E-state index in [2.05, 4.69) is 24.1 Å². The third kappa shape index (κ3) is 6.30. The highest BCUT2D eigenvalue weighted by Gasteiger charge is 2.13. The van der Waals surface area contributed by atoms with Crippen LogP contribution in [0.15, 0.2) is 18.2 Å². The lowest BCUT2D eigenvalue weighted by molar-refractivity contribution is -0.383. The summed E-state index contributed by atoms with van der Waals surface area (Å²) in [6.07, 6.45) is 4.56. The molecule has 1 aromatic carbocycles. The van der Waals surface area contributed by atoms with Gasteiger partial charge in [0.1, 0.15) is 5.69 Å².